The molecule has 158 valence electrons. The van der Waals surface area contributed by atoms with Crippen molar-refractivity contribution in [3.05, 3.63) is 0 Å². The number of piperazine rings is 1. The van der Waals surface area contributed by atoms with Crippen molar-refractivity contribution in [3.8, 4) is 0 Å². The molecule has 2 heterocycles. The molecular weight excluding hydrogens is 394 g/mol. The molecule has 9 nitrogen and oxygen atoms in total. The van der Waals surface area contributed by atoms with Crippen molar-refractivity contribution in [3.63, 3.8) is 0 Å². The molecule has 0 radical (unpaired) electrons. The standard InChI is InChI=1S/C16H31N3O6S2/c1-5-6-11-26(21,22)19-12-14(13-19)27(23,24)18-9-7-17(8-10-18)15(20)25-16(2,3)4/h14H,5-13H2,1-4H3. The van der Waals surface area contributed by atoms with Crippen molar-refractivity contribution < 1.29 is 26.4 Å². The minimum absolute atomic E-state index is 0.0145. The van der Waals surface area contributed by atoms with Crippen LogP contribution in [0.15, 0.2) is 0 Å². The molecule has 27 heavy (non-hydrogen) atoms. The molecule has 2 aliphatic heterocycles. The number of nitrogens with zero attached hydrogens (tertiary/aromatic N) is 3. The smallest absolute Gasteiger partial charge is 0.410 e. The van der Waals surface area contributed by atoms with Gasteiger partial charge < -0.3 is 9.64 Å². The van der Waals surface area contributed by atoms with Crippen molar-refractivity contribution in [1.82, 2.24) is 13.5 Å². The van der Waals surface area contributed by atoms with Crippen LogP contribution in [0.1, 0.15) is 40.5 Å². The van der Waals surface area contributed by atoms with E-state index in [2.05, 4.69) is 0 Å². The summed E-state index contributed by atoms with van der Waals surface area (Å²) in [6.45, 7) is 8.20. The second-order valence-corrected chi connectivity index (χ2v) is 12.3. The van der Waals surface area contributed by atoms with E-state index in [1.165, 1.54) is 13.5 Å². The first-order valence-corrected chi connectivity index (χ1v) is 12.4. The van der Waals surface area contributed by atoms with Gasteiger partial charge in [-0.1, -0.05) is 13.3 Å². The van der Waals surface area contributed by atoms with Gasteiger partial charge in [0.05, 0.1) is 5.75 Å². The van der Waals surface area contributed by atoms with Gasteiger partial charge in [0.25, 0.3) is 0 Å². The summed E-state index contributed by atoms with van der Waals surface area (Å²) in [5.41, 5.74) is -0.598. The lowest BCUT2D eigenvalue weighted by molar-refractivity contribution is 0.0191. The fraction of sp³-hybridized carbons (Fsp3) is 0.938. The van der Waals surface area contributed by atoms with E-state index in [-0.39, 0.29) is 45.0 Å². The highest BCUT2D eigenvalue weighted by molar-refractivity contribution is 7.91. The summed E-state index contributed by atoms with van der Waals surface area (Å²) >= 11 is 0. The Morgan fingerprint density at radius 1 is 1.00 bits per heavy atom. The number of rotatable bonds is 6. The summed E-state index contributed by atoms with van der Waals surface area (Å²) in [6.07, 6.45) is 0.899. The Bertz CT molecular complexity index is 731. The Kier molecular flexibility index (Phi) is 6.81. The van der Waals surface area contributed by atoms with E-state index >= 15 is 0 Å². The maximum Gasteiger partial charge on any atom is 0.410 e. The normalized spacial score (nSPS) is 21.1. The Morgan fingerprint density at radius 3 is 2.04 bits per heavy atom. The van der Waals surface area contributed by atoms with Crippen LogP contribution in [0.3, 0.4) is 0 Å². The van der Waals surface area contributed by atoms with E-state index in [1.54, 1.807) is 20.8 Å². The highest BCUT2D eigenvalue weighted by Crippen LogP contribution is 2.24. The van der Waals surface area contributed by atoms with Crippen molar-refractivity contribution in [2.75, 3.05) is 45.0 Å². The van der Waals surface area contributed by atoms with Gasteiger partial charge in [0, 0.05) is 39.3 Å². The zero-order valence-electron chi connectivity index (χ0n) is 16.5. The topological polar surface area (TPSA) is 104 Å². The fourth-order valence-corrected chi connectivity index (χ4v) is 6.68. The van der Waals surface area contributed by atoms with Crippen LogP contribution in [-0.2, 0) is 24.8 Å². The van der Waals surface area contributed by atoms with Crippen molar-refractivity contribution in [1.29, 1.82) is 0 Å². The maximum absolute atomic E-state index is 12.7. The van der Waals surface area contributed by atoms with Crippen LogP contribution in [0.25, 0.3) is 0 Å². The summed E-state index contributed by atoms with van der Waals surface area (Å²) < 4.78 is 57.6. The highest BCUT2D eigenvalue weighted by atomic mass is 32.2. The molecule has 2 saturated heterocycles. The molecular formula is C16H31N3O6S2. The zero-order valence-corrected chi connectivity index (χ0v) is 18.2. The molecule has 0 saturated carbocycles. The Hall–Kier alpha value is -0.910. The summed E-state index contributed by atoms with van der Waals surface area (Å²) in [4.78, 5) is 13.6. The summed E-state index contributed by atoms with van der Waals surface area (Å²) in [6, 6.07) is 0. The van der Waals surface area contributed by atoms with Gasteiger partial charge in [0.2, 0.25) is 20.0 Å². The van der Waals surface area contributed by atoms with E-state index < -0.39 is 37.0 Å². The van der Waals surface area contributed by atoms with E-state index in [0.29, 0.717) is 6.42 Å². The number of ether oxygens (including phenoxy) is 1. The molecule has 0 atom stereocenters. The third-order valence-electron chi connectivity index (χ3n) is 4.64. The molecule has 2 rings (SSSR count). The number of amides is 1. The van der Waals surface area contributed by atoms with Crippen LogP contribution >= 0.6 is 0 Å². The SMILES string of the molecule is CCCCS(=O)(=O)N1CC(S(=O)(=O)N2CCN(C(=O)OC(C)(C)C)CC2)C1. The Morgan fingerprint density at radius 2 is 1.56 bits per heavy atom. The number of unbranched alkanes of at least 4 members (excludes halogenated alkanes) is 1. The van der Waals surface area contributed by atoms with Crippen LogP contribution in [0, 0.1) is 0 Å². The van der Waals surface area contributed by atoms with Crippen LogP contribution in [0.2, 0.25) is 0 Å². The lowest BCUT2D eigenvalue weighted by Crippen LogP contribution is -2.62. The average molecular weight is 426 g/mol. The van der Waals surface area contributed by atoms with Crippen LogP contribution in [0.5, 0.6) is 0 Å². The minimum Gasteiger partial charge on any atom is -0.444 e. The Balaban J connectivity index is 1.87. The predicted molar refractivity (Wildman–Crippen MR) is 102 cm³/mol. The van der Waals surface area contributed by atoms with Crippen LogP contribution in [-0.4, -0.2) is 92.3 Å². The van der Waals surface area contributed by atoms with Gasteiger partial charge in [-0.15, -0.1) is 0 Å². The number of hydrogen-bond donors (Lipinski definition) is 0. The molecule has 0 aromatic rings. The molecule has 2 aliphatic rings. The third-order valence-corrected chi connectivity index (χ3v) is 8.75. The van der Waals surface area contributed by atoms with Gasteiger partial charge in [0.15, 0.2) is 0 Å². The molecule has 0 unspecified atom stereocenters. The largest absolute Gasteiger partial charge is 0.444 e. The first kappa shape index (κ1) is 22.4. The van der Waals surface area contributed by atoms with Gasteiger partial charge >= 0.3 is 6.09 Å². The van der Waals surface area contributed by atoms with Crippen molar-refractivity contribution >= 4 is 26.1 Å². The molecule has 0 aliphatic carbocycles. The fourth-order valence-electron chi connectivity index (χ4n) is 2.93. The monoisotopic (exact) mass is 425 g/mol. The zero-order chi connectivity index (χ0) is 20.5. The van der Waals surface area contributed by atoms with Crippen molar-refractivity contribution in [2.24, 2.45) is 0 Å². The second kappa shape index (κ2) is 8.22. The number of carbonyl (C=O) groups is 1. The number of carbonyl (C=O) groups excluding carboxylic acids is 1. The summed E-state index contributed by atoms with van der Waals surface area (Å²) in [7, 11) is -6.94. The summed E-state index contributed by atoms with van der Waals surface area (Å²) in [5.74, 6) is 0.0603. The van der Waals surface area contributed by atoms with E-state index in [1.807, 2.05) is 6.92 Å². The van der Waals surface area contributed by atoms with Gasteiger partial charge in [0.1, 0.15) is 10.9 Å². The molecule has 0 N–H and O–H groups in total. The molecule has 0 aromatic heterocycles. The first-order valence-electron chi connectivity index (χ1n) is 9.31. The van der Waals surface area contributed by atoms with E-state index in [4.69, 9.17) is 4.74 Å². The van der Waals surface area contributed by atoms with E-state index in [0.717, 1.165) is 6.42 Å². The maximum atomic E-state index is 12.7. The lowest BCUT2D eigenvalue weighted by Gasteiger charge is -2.42. The molecule has 0 bridgehead atoms. The van der Waals surface area contributed by atoms with Gasteiger partial charge in [-0.05, 0) is 27.2 Å². The quantitative estimate of drug-likeness (QED) is 0.620. The van der Waals surface area contributed by atoms with Gasteiger partial charge in [-0.3, -0.25) is 0 Å². The Labute approximate surface area is 162 Å². The lowest BCUT2D eigenvalue weighted by atomic mass is 10.2. The molecule has 0 aromatic carbocycles. The van der Waals surface area contributed by atoms with Crippen LogP contribution in [0.4, 0.5) is 4.79 Å². The molecule has 1 amide bonds. The van der Waals surface area contributed by atoms with Gasteiger partial charge in [-0.2, -0.15) is 8.61 Å². The molecule has 11 heteroatoms. The molecule has 0 spiro atoms. The highest BCUT2D eigenvalue weighted by Gasteiger charge is 2.46. The average Bonchev–Trinajstić information content (AvgIpc) is 2.49. The van der Waals surface area contributed by atoms with Gasteiger partial charge in [-0.25, -0.2) is 21.6 Å². The van der Waals surface area contributed by atoms with Crippen molar-refractivity contribution in [2.45, 2.75) is 51.4 Å². The summed E-state index contributed by atoms with van der Waals surface area (Å²) in [5, 5.41) is -0.707. The number of hydrogen-bond acceptors (Lipinski definition) is 6. The minimum atomic E-state index is -3.57. The third kappa shape index (κ3) is 5.55. The van der Waals surface area contributed by atoms with E-state index in [9.17, 15) is 21.6 Å². The first-order chi connectivity index (χ1) is 12.4. The second-order valence-electron chi connectivity index (χ2n) is 8.02. The predicted octanol–water partition coefficient (Wildman–Crippen LogP) is 0.683. The molecule has 2 fully saturated rings. The number of sulfonamides is 2. The van der Waals surface area contributed by atoms with Crippen LogP contribution < -0.4 is 0 Å².